The molecule has 1 aliphatic heterocycles. The number of nitrogens with zero attached hydrogens (tertiary/aromatic N) is 3. The molecule has 1 aliphatic rings. The molecule has 0 spiro atoms. The van der Waals surface area contributed by atoms with Crippen molar-refractivity contribution in [3.63, 3.8) is 0 Å². The summed E-state index contributed by atoms with van der Waals surface area (Å²) in [7, 11) is 0. The Labute approximate surface area is 150 Å². The highest BCUT2D eigenvalue weighted by Gasteiger charge is 2.20. The van der Waals surface area contributed by atoms with Crippen LogP contribution in [0, 0.1) is 0 Å². The van der Waals surface area contributed by atoms with Crippen molar-refractivity contribution in [1.29, 1.82) is 0 Å². The normalized spacial score (nSPS) is 18.2. The van der Waals surface area contributed by atoms with Gasteiger partial charge in [-0.2, -0.15) is 5.10 Å². The third-order valence-electron chi connectivity index (χ3n) is 4.78. The van der Waals surface area contributed by atoms with Gasteiger partial charge < -0.3 is 10.2 Å². The molecule has 2 heterocycles. The topological polar surface area (TPSA) is 50.2 Å². The van der Waals surface area contributed by atoms with Crippen LogP contribution in [-0.4, -0.2) is 46.3 Å². The molecule has 5 heteroatoms. The number of rotatable bonds is 8. The minimum atomic E-state index is 0.131. The number of hydrogen-bond donors (Lipinski definition) is 1. The van der Waals surface area contributed by atoms with Crippen molar-refractivity contribution in [2.24, 2.45) is 0 Å². The lowest BCUT2D eigenvalue weighted by Crippen LogP contribution is -2.48. The molecule has 1 saturated heterocycles. The second-order valence-corrected chi connectivity index (χ2v) is 6.82. The Morgan fingerprint density at radius 3 is 2.88 bits per heavy atom. The standard InChI is InChI=1S/C20H28N4O/c25-20(11-16-24-15-6-12-21-24)22-19-10-5-14-23(17-19)13-4-9-18-7-2-1-3-8-18/h1-3,6-8,12,15,19H,4-5,9-11,13-14,16-17H2,(H,22,25). The average Bonchev–Trinajstić information content (AvgIpc) is 3.15. The number of aromatic nitrogens is 2. The Morgan fingerprint density at radius 1 is 1.20 bits per heavy atom. The van der Waals surface area contributed by atoms with E-state index in [9.17, 15) is 4.79 Å². The lowest BCUT2D eigenvalue weighted by Gasteiger charge is -2.33. The van der Waals surface area contributed by atoms with Crippen LogP contribution in [0.5, 0.6) is 0 Å². The van der Waals surface area contributed by atoms with Gasteiger partial charge >= 0.3 is 0 Å². The molecular weight excluding hydrogens is 312 g/mol. The highest BCUT2D eigenvalue weighted by molar-refractivity contribution is 5.76. The van der Waals surface area contributed by atoms with E-state index in [0.717, 1.165) is 38.9 Å². The first-order valence-electron chi connectivity index (χ1n) is 9.33. The molecule has 3 rings (SSSR count). The van der Waals surface area contributed by atoms with Gasteiger partial charge in [0.05, 0.1) is 0 Å². The van der Waals surface area contributed by atoms with Gasteiger partial charge in [-0.3, -0.25) is 9.48 Å². The summed E-state index contributed by atoms with van der Waals surface area (Å²) in [5.74, 6) is 0.131. The number of carbonyl (C=O) groups is 1. The van der Waals surface area contributed by atoms with Crippen LogP contribution < -0.4 is 5.32 Å². The second kappa shape index (κ2) is 9.37. The quantitative estimate of drug-likeness (QED) is 0.803. The number of piperidine rings is 1. The first kappa shape index (κ1) is 17.7. The summed E-state index contributed by atoms with van der Waals surface area (Å²) < 4.78 is 1.80. The van der Waals surface area contributed by atoms with Crippen LogP contribution in [0.3, 0.4) is 0 Å². The maximum Gasteiger partial charge on any atom is 0.222 e. The maximum absolute atomic E-state index is 12.1. The van der Waals surface area contributed by atoms with Crippen LogP contribution in [0.1, 0.15) is 31.2 Å². The number of benzene rings is 1. The fourth-order valence-electron chi connectivity index (χ4n) is 3.48. The third-order valence-corrected chi connectivity index (χ3v) is 4.78. The minimum absolute atomic E-state index is 0.131. The highest BCUT2D eigenvalue weighted by Crippen LogP contribution is 2.12. The van der Waals surface area contributed by atoms with Crippen LogP contribution in [0.4, 0.5) is 0 Å². The van der Waals surface area contributed by atoms with Gasteiger partial charge in [0.1, 0.15) is 0 Å². The van der Waals surface area contributed by atoms with E-state index in [1.807, 2.05) is 12.3 Å². The lowest BCUT2D eigenvalue weighted by molar-refractivity contribution is -0.122. The third kappa shape index (κ3) is 6.02. The summed E-state index contributed by atoms with van der Waals surface area (Å²) in [4.78, 5) is 14.6. The van der Waals surface area contributed by atoms with E-state index in [2.05, 4.69) is 45.6 Å². The molecule has 2 aromatic rings. The molecular formula is C20H28N4O. The predicted octanol–water partition coefficient (Wildman–Crippen LogP) is 2.49. The van der Waals surface area contributed by atoms with Crippen LogP contribution in [0.15, 0.2) is 48.8 Å². The predicted molar refractivity (Wildman–Crippen MR) is 99.2 cm³/mol. The molecule has 0 saturated carbocycles. The molecule has 1 fully saturated rings. The van der Waals surface area contributed by atoms with Gasteiger partial charge in [-0.05, 0) is 50.4 Å². The number of amides is 1. The molecule has 0 aliphatic carbocycles. The Bertz CT molecular complexity index is 626. The van der Waals surface area contributed by atoms with Crippen molar-refractivity contribution < 1.29 is 4.79 Å². The Hall–Kier alpha value is -2.14. The molecule has 1 N–H and O–H groups in total. The zero-order valence-corrected chi connectivity index (χ0v) is 14.8. The first-order chi connectivity index (χ1) is 12.3. The van der Waals surface area contributed by atoms with E-state index in [-0.39, 0.29) is 11.9 Å². The van der Waals surface area contributed by atoms with Crippen molar-refractivity contribution in [3.8, 4) is 0 Å². The summed E-state index contributed by atoms with van der Waals surface area (Å²) in [6.45, 7) is 3.87. The fourth-order valence-corrected chi connectivity index (χ4v) is 3.48. The molecule has 134 valence electrons. The van der Waals surface area contributed by atoms with E-state index < -0.39 is 0 Å². The first-order valence-corrected chi connectivity index (χ1v) is 9.33. The summed E-state index contributed by atoms with van der Waals surface area (Å²) in [6, 6.07) is 12.8. The molecule has 1 aromatic heterocycles. The van der Waals surface area contributed by atoms with Crippen molar-refractivity contribution >= 4 is 5.91 Å². The largest absolute Gasteiger partial charge is 0.352 e. The van der Waals surface area contributed by atoms with E-state index in [1.54, 1.807) is 10.9 Å². The summed E-state index contributed by atoms with van der Waals surface area (Å²) in [5, 5.41) is 7.33. The van der Waals surface area contributed by atoms with Gasteiger partial charge in [0.25, 0.3) is 0 Å². The number of nitrogens with one attached hydrogen (secondary N) is 1. The number of hydrogen-bond acceptors (Lipinski definition) is 3. The van der Waals surface area contributed by atoms with Gasteiger partial charge in [0, 0.05) is 37.9 Å². The highest BCUT2D eigenvalue weighted by atomic mass is 16.1. The van der Waals surface area contributed by atoms with Crippen LogP contribution in [0.2, 0.25) is 0 Å². The fraction of sp³-hybridized carbons (Fsp3) is 0.500. The van der Waals surface area contributed by atoms with Crippen LogP contribution >= 0.6 is 0 Å². The van der Waals surface area contributed by atoms with E-state index in [4.69, 9.17) is 0 Å². The molecule has 0 bridgehead atoms. The SMILES string of the molecule is O=C(CCn1cccn1)NC1CCCN(CCCc2ccccc2)C1. The Kier molecular flexibility index (Phi) is 6.63. The zero-order valence-electron chi connectivity index (χ0n) is 14.8. The summed E-state index contributed by atoms with van der Waals surface area (Å²) >= 11 is 0. The monoisotopic (exact) mass is 340 g/mol. The van der Waals surface area contributed by atoms with Gasteiger partial charge in [0.2, 0.25) is 5.91 Å². The maximum atomic E-state index is 12.1. The van der Waals surface area contributed by atoms with E-state index in [1.165, 1.54) is 12.0 Å². The molecule has 0 radical (unpaired) electrons. The van der Waals surface area contributed by atoms with Gasteiger partial charge in [-0.25, -0.2) is 0 Å². The number of carbonyl (C=O) groups excluding carboxylic acids is 1. The zero-order chi connectivity index (χ0) is 17.3. The van der Waals surface area contributed by atoms with Gasteiger partial charge in [-0.15, -0.1) is 0 Å². The molecule has 1 amide bonds. The van der Waals surface area contributed by atoms with Crippen molar-refractivity contribution in [3.05, 3.63) is 54.4 Å². The second-order valence-electron chi connectivity index (χ2n) is 6.82. The number of aryl methyl sites for hydroxylation is 2. The average molecular weight is 340 g/mol. The Morgan fingerprint density at radius 2 is 2.08 bits per heavy atom. The van der Waals surface area contributed by atoms with Gasteiger partial charge in [-0.1, -0.05) is 30.3 Å². The molecule has 1 aromatic carbocycles. The molecule has 5 nitrogen and oxygen atoms in total. The van der Waals surface area contributed by atoms with Crippen LogP contribution in [0.25, 0.3) is 0 Å². The number of likely N-dealkylation sites (tertiary alicyclic amines) is 1. The summed E-state index contributed by atoms with van der Waals surface area (Å²) in [6.07, 6.45) is 8.67. The smallest absolute Gasteiger partial charge is 0.222 e. The van der Waals surface area contributed by atoms with Crippen molar-refractivity contribution in [2.75, 3.05) is 19.6 Å². The lowest BCUT2D eigenvalue weighted by atomic mass is 10.0. The molecule has 1 atom stereocenters. The molecule has 25 heavy (non-hydrogen) atoms. The van der Waals surface area contributed by atoms with E-state index in [0.29, 0.717) is 13.0 Å². The summed E-state index contributed by atoms with van der Waals surface area (Å²) in [5.41, 5.74) is 1.41. The van der Waals surface area contributed by atoms with Crippen LogP contribution in [-0.2, 0) is 17.8 Å². The minimum Gasteiger partial charge on any atom is -0.352 e. The van der Waals surface area contributed by atoms with E-state index >= 15 is 0 Å². The van der Waals surface area contributed by atoms with Gasteiger partial charge in [0.15, 0.2) is 0 Å². The Balaban J connectivity index is 1.35. The molecule has 1 unspecified atom stereocenters. The van der Waals surface area contributed by atoms with Crippen molar-refractivity contribution in [2.45, 2.75) is 44.7 Å². The van der Waals surface area contributed by atoms with Crippen molar-refractivity contribution in [1.82, 2.24) is 20.0 Å².